The van der Waals surface area contributed by atoms with Gasteiger partial charge in [-0.3, -0.25) is 14.9 Å². The van der Waals surface area contributed by atoms with Crippen LogP contribution >= 0.6 is 11.6 Å². The van der Waals surface area contributed by atoms with E-state index in [9.17, 15) is 0 Å². The summed E-state index contributed by atoms with van der Waals surface area (Å²) in [5.74, 6) is 0.831. The molecule has 2 aromatic rings. The fourth-order valence-electron chi connectivity index (χ4n) is 3.30. The van der Waals surface area contributed by atoms with E-state index in [0.717, 1.165) is 61.1 Å². The predicted molar refractivity (Wildman–Crippen MR) is 94.4 cm³/mol. The first kappa shape index (κ1) is 15.7. The molecule has 0 saturated carbocycles. The Hall–Kier alpha value is -1.85. The van der Waals surface area contributed by atoms with E-state index in [-0.39, 0.29) is 0 Å². The van der Waals surface area contributed by atoms with Crippen molar-refractivity contribution in [3.63, 3.8) is 0 Å². The smallest absolute Gasteiger partial charge is 0.173 e. The highest BCUT2D eigenvalue weighted by Gasteiger charge is 2.20. The second-order valence-electron chi connectivity index (χ2n) is 6.38. The topological polar surface area (TPSA) is 54.3 Å². The van der Waals surface area contributed by atoms with Crippen molar-refractivity contribution in [1.29, 1.82) is 0 Å². The Bertz CT molecular complexity index is 774. The van der Waals surface area contributed by atoms with E-state index in [1.165, 1.54) is 24.1 Å². The molecular weight excluding hydrogens is 322 g/mol. The summed E-state index contributed by atoms with van der Waals surface area (Å²) in [5, 5.41) is 0.776. The third kappa shape index (κ3) is 3.32. The molecule has 0 saturated heterocycles. The Morgan fingerprint density at radius 3 is 2.96 bits per heavy atom. The van der Waals surface area contributed by atoms with Gasteiger partial charge in [0.2, 0.25) is 0 Å². The minimum Gasteiger partial charge on any atom is -0.294 e. The summed E-state index contributed by atoms with van der Waals surface area (Å²) in [6.45, 7) is 3.55. The Labute approximate surface area is 146 Å². The molecule has 124 valence electrons. The molecule has 0 fully saturated rings. The largest absolute Gasteiger partial charge is 0.294 e. The van der Waals surface area contributed by atoms with E-state index in [1.807, 2.05) is 18.5 Å². The maximum atomic E-state index is 6.25. The summed E-state index contributed by atoms with van der Waals surface area (Å²) in [5.41, 5.74) is 4.52. The first-order valence-electron chi connectivity index (χ1n) is 8.49. The summed E-state index contributed by atoms with van der Waals surface area (Å²) in [4.78, 5) is 20.5. The molecular formula is C18H20ClN5. The zero-order valence-corrected chi connectivity index (χ0v) is 14.3. The molecule has 0 atom stereocenters. The molecule has 4 heterocycles. The fourth-order valence-corrected chi connectivity index (χ4v) is 3.46. The van der Waals surface area contributed by atoms with Crippen molar-refractivity contribution in [3.05, 3.63) is 52.3 Å². The van der Waals surface area contributed by atoms with Crippen LogP contribution in [0.15, 0.2) is 29.6 Å². The molecule has 24 heavy (non-hydrogen) atoms. The van der Waals surface area contributed by atoms with Crippen molar-refractivity contribution in [2.45, 2.75) is 38.8 Å². The molecule has 0 radical (unpaired) electrons. The molecule has 2 aromatic heterocycles. The van der Waals surface area contributed by atoms with E-state index >= 15 is 0 Å². The lowest BCUT2D eigenvalue weighted by atomic mass is 10.0. The molecule has 0 spiro atoms. The number of pyridine rings is 1. The second-order valence-corrected chi connectivity index (χ2v) is 6.79. The van der Waals surface area contributed by atoms with Gasteiger partial charge < -0.3 is 0 Å². The normalized spacial score (nSPS) is 18.1. The zero-order chi connectivity index (χ0) is 16.4. The van der Waals surface area contributed by atoms with Gasteiger partial charge in [-0.15, -0.1) is 0 Å². The fraction of sp³-hybridized carbons (Fsp3) is 0.444. The number of halogens is 1. The first-order valence-corrected chi connectivity index (χ1v) is 8.86. The van der Waals surface area contributed by atoms with Crippen molar-refractivity contribution < 1.29 is 0 Å². The highest BCUT2D eigenvalue weighted by atomic mass is 35.5. The molecule has 2 aliphatic heterocycles. The monoisotopic (exact) mass is 341 g/mol. The summed E-state index contributed by atoms with van der Waals surface area (Å²) < 4.78 is 0. The van der Waals surface area contributed by atoms with Gasteiger partial charge in [-0.2, -0.15) is 0 Å². The van der Waals surface area contributed by atoms with E-state index in [2.05, 4.69) is 19.9 Å². The number of nitrogens with zero attached hydrogens (tertiary/aromatic N) is 5. The molecule has 5 nitrogen and oxygen atoms in total. The minimum atomic E-state index is 0.776. The third-order valence-corrected chi connectivity index (χ3v) is 5.00. The van der Waals surface area contributed by atoms with Crippen LogP contribution in [0.2, 0.25) is 5.02 Å². The van der Waals surface area contributed by atoms with Gasteiger partial charge in [0.05, 0.1) is 11.4 Å². The number of hydrogen-bond donors (Lipinski definition) is 0. The Morgan fingerprint density at radius 2 is 2.12 bits per heavy atom. The van der Waals surface area contributed by atoms with Gasteiger partial charge in [0.25, 0.3) is 0 Å². The van der Waals surface area contributed by atoms with Crippen LogP contribution in [0.1, 0.15) is 41.9 Å². The minimum absolute atomic E-state index is 0.776. The molecule has 6 heteroatoms. The standard InChI is InChI=1S/C18H20ClN5/c19-15-4-7-20-9-13(15)11-24-8-5-16-14(12-24)10-22-18(23-16)17-3-1-2-6-21-17/h4,7,9-10H,1-3,5-6,8,11-12H2. The number of aliphatic imine (C=N–C) groups is 1. The molecule has 0 aromatic carbocycles. The van der Waals surface area contributed by atoms with Gasteiger partial charge in [-0.1, -0.05) is 11.6 Å². The maximum Gasteiger partial charge on any atom is 0.173 e. The van der Waals surface area contributed by atoms with Crippen molar-refractivity contribution >= 4 is 17.3 Å². The Morgan fingerprint density at radius 1 is 1.17 bits per heavy atom. The average molecular weight is 342 g/mol. The zero-order valence-electron chi connectivity index (χ0n) is 13.6. The number of hydrogen-bond acceptors (Lipinski definition) is 5. The lowest BCUT2D eigenvalue weighted by molar-refractivity contribution is 0.242. The van der Waals surface area contributed by atoms with E-state index < -0.39 is 0 Å². The van der Waals surface area contributed by atoms with Crippen LogP contribution in [-0.2, 0) is 19.5 Å². The van der Waals surface area contributed by atoms with Gasteiger partial charge in [0.15, 0.2) is 5.82 Å². The predicted octanol–water partition coefficient (Wildman–Crippen LogP) is 3.06. The van der Waals surface area contributed by atoms with E-state index in [4.69, 9.17) is 16.6 Å². The Balaban J connectivity index is 1.49. The maximum absolute atomic E-state index is 6.25. The quantitative estimate of drug-likeness (QED) is 0.861. The summed E-state index contributed by atoms with van der Waals surface area (Å²) in [7, 11) is 0. The van der Waals surface area contributed by atoms with Crippen molar-refractivity contribution in [1.82, 2.24) is 19.9 Å². The number of aromatic nitrogens is 3. The van der Waals surface area contributed by atoms with Crippen molar-refractivity contribution in [2.24, 2.45) is 4.99 Å². The van der Waals surface area contributed by atoms with Crippen LogP contribution in [0, 0.1) is 0 Å². The lowest BCUT2D eigenvalue weighted by Crippen LogP contribution is -2.31. The first-order chi connectivity index (χ1) is 11.8. The van der Waals surface area contributed by atoms with Crippen LogP contribution in [0.25, 0.3) is 0 Å². The highest BCUT2D eigenvalue weighted by Crippen LogP contribution is 2.22. The summed E-state index contributed by atoms with van der Waals surface area (Å²) in [6, 6.07) is 1.84. The van der Waals surface area contributed by atoms with Gasteiger partial charge >= 0.3 is 0 Å². The average Bonchev–Trinajstić information content (AvgIpc) is 2.64. The lowest BCUT2D eigenvalue weighted by Gasteiger charge is -2.28. The van der Waals surface area contributed by atoms with Gasteiger partial charge in [-0.05, 0) is 25.3 Å². The van der Waals surface area contributed by atoms with Crippen LogP contribution in [0.3, 0.4) is 0 Å². The van der Waals surface area contributed by atoms with Crippen LogP contribution in [0.4, 0.5) is 0 Å². The molecule has 0 amide bonds. The molecule has 0 unspecified atom stereocenters. The van der Waals surface area contributed by atoms with Crippen LogP contribution in [0.5, 0.6) is 0 Å². The van der Waals surface area contributed by atoms with Crippen molar-refractivity contribution in [2.75, 3.05) is 13.1 Å². The summed E-state index contributed by atoms with van der Waals surface area (Å²) in [6.07, 6.45) is 9.87. The van der Waals surface area contributed by atoms with Gasteiger partial charge in [0.1, 0.15) is 0 Å². The van der Waals surface area contributed by atoms with Gasteiger partial charge in [-0.25, -0.2) is 9.97 Å². The third-order valence-electron chi connectivity index (χ3n) is 4.63. The van der Waals surface area contributed by atoms with Gasteiger partial charge in [0, 0.05) is 67.3 Å². The molecule has 4 rings (SSSR count). The molecule has 0 bridgehead atoms. The number of fused-ring (bicyclic) bond motifs is 1. The number of rotatable bonds is 3. The molecule has 0 aliphatic carbocycles. The molecule has 0 N–H and O–H groups in total. The SMILES string of the molecule is Clc1ccncc1CN1CCc2nc(C3=NCCCC3)ncc2C1. The van der Waals surface area contributed by atoms with E-state index in [0.29, 0.717) is 0 Å². The van der Waals surface area contributed by atoms with Crippen LogP contribution in [-0.4, -0.2) is 38.7 Å². The molecule has 2 aliphatic rings. The second kappa shape index (κ2) is 6.95. The van der Waals surface area contributed by atoms with Crippen molar-refractivity contribution in [3.8, 4) is 0 Å². The van der Waals surface area contributed by atoms with E-state index in [1.54, 1.807) is 6.20 Å². The Kier molecular flexibility index (Phi) is 4.54. The summed E-state index contributed by atoms with van der Waals surface area (Å²) >= 11 is 6.25. The highest BCUT2D eigenvalue weighted by molar-refractivity contribution is 6.31. The van der Waals surface area contributed by atoms with Crippen LogP contribution < -0.4 is 0 Å².